The van der Waals surface area contributed by atoms with E-state index < -0.39 is 0 Å². The molecule has 0 saturated carbocycles. The normalized spacial score (nSPS) is 19.9. The summed E-state index contributed by atoms with van der Waals surface area (Å²) < 4.78 is 0. The third-order valence-electron chi connectivity index (χ3n) is 3.62. The van der Waals surface area contributed by atoms with Gasteiger partial charge in [-0.1, -0.05) is 36.4 Å². The second-order valence-corrected chi connectivity index (χ2v) is 4.82. The molecule has 0 aliphatic carbocycles. The molecule has 1 heterocycles. The van der Waals surface area contributed by atoms with Crippen LogP contribution in [0.2, 0.25) is 0 Å². The number of nitrogens with zero attached hydrogens (tertiary/aromatic N) is 2. The van der Waals surface area contributed by atoms with E-state index in [1.54, 1.807) is 17.9 Å². The minimum absolute atomic E-state index is 0.134. The molecule has 0 aromatic heterocycles. The minimum Gasteiger partial charge on any atom is -0.337 e. The van der Waals surface area contributed by atoms with E-state index in [2.05, 4.69) is 12.1 Å². The molecule has 1 aliphatic heterocycles. The number of piperidine rings is 1. The predicted octanol–water partition coefficient (Wildman–Crippen LogP) is 2.86. The van der Waals surface area contributed by atoms with Crippen LogP contribution in [0.15, 0.2) is 42.0 Å². The van der Waals surface area contributed by atoms with Crippen LogP contribution in [-0.2, 0) is 4.79 Å². The van der Waals surface area contributed by atoms with E-state index in [-0.39, 0.29) is 11.5 Å². The van der Waals surface area contributed by atoms with Gasteiger partial charge in [-0.25, -0.2) is 0 Å². The lowest BCUT2D eigenvalue weighted by molar-refractivity contribution is -0.127. The highest BCUT2D eigenvalue weighted by Gasteiger charge is 2.26. The Morgan fingerprint density at radius 1 is 1.42 bits per heavy atom. The third kappa shape index (κ3) is 3.03. The number of allylic oxidation sites excluding steroid dienone is 1. The first-order valence-electron chi connectivity index (χ1n) is 6.67. The fraction of sp³-hybridized carbons (Fsp3) is 0.375. The Labute approximate surface area is 114 Å². The largest absolute Gasteiger partial charge is 0.337 e. The highest BCUT2D eigenvalue weighted by molar-refractivity contribution is 5.97. The molecule has 1 aromatic carbocycles. The first-order valence-corrected chi connectivity index (χ1v) is 6.67. The van der Waals surface area contributed by atoms with E-state index in [9.17, 15) is 4.79 Å². The van der Waals surface area contributed by atoms with Crippen molar-refractivity contribution in [3.63, 3.8) is 0 Å². The molecule has 1 atom stereocenters. The van der Waals surface area contributed by atoms with Gasteiger partial charge in [-0.05, 0) is 25.3 Å². The van der Waals surface area contributed by atoms with Crippen molar-refractivity contribution >= 4 is 5.91 Å². The van der Waals surface area contributed by atoms with Gasteiger partial charge in [0.25, 0.3) is 5.91 Å². The molecule has 0 radical (unpaired) electrons. The van der Waals surface area contributed by atoms with Crippen molar-refractivity contribution in [1.29, 1.82) is 5.26 Å². The summed E-state index contributed by atoms with van der Waals surface area (Å²) in [6.07, 6.45) is 3.69. The average molecular weight is 254 g/mol. The van der Waals surface area contributed by atoms with Crippen molar-refractivity contribution in [2.75, 3.05) is 13.1 Å². The molecule has 1 fully saturated rings. The molecule has 3 nitrogen and oxygen atoms in total. The number of rotatable bonds is 2. The highest BCUT2D eigenvalue weighted by Crippen LogP contribution is 2.27. The molecule has 1 saturated heterocycles. The number of likely N-dealkylation sites (tertiary alicyclic amines) is 1. The third-order valence-corrected chi connectivity index (χ3v) is 3.62. The van der Waals surface area contributed by atoms with Gasteiger partial charge in [-0.2, -0.15) is 5.26 Å². The van der Waals surface area contributed by atoms with Crippen molar-refractivity contribution in [1.82, 2.24) is 4.90 Å². The first-order chi connectivity index (χ1) is 9.26. The van der Waals surface area contributed by atoms with Crippen LogP contribution in [0.25, 0.3) is 0 Å². The van der Waals surface area contributed by atoms with Crippen LogP contribution in [0.3, 0.4) is 0 Å². The van der Waals surface area contributed by atoms with E-state index in [0.717, 1.165) is 19.4 Å². The van der Waals surface area contributed by atoms with Crippen LogP contribution < -0.4 is 0 Å². The molecule has 0 bridgehead atoms. The number of carbonyl (C=O) groups excluding carboxylic acids is 1. The average Bonchev–Trinajstić information content (AvgIpc) is 2.49. The molecule has 1 unspecified atom stereocenters. The summed E-state index contributed by atoms with van der Waals surface area (Å²) in [5, 5.41) is 8.94. The highest BCUT2D eigenvalue weighted by atomic mass is 16.2. The Kier molecular flexibility index (Phi) is 4.35. The van der Waals surface area contributed by atoms with Crippen LogP contribution in [0, 0.1) is 11.3 Å². The number of hydrogen-bond donors (Lipinski definition) is 0. The van der Waals surface area contributed by atoms with Gasteiger partial charge in [0.05, 0.1) is 0 Å². The van der Waals surface area contributed by atoms with E-state index in [1.165, 1.54) is 5.56 Å². The Bertz CT molecular complexity index is 513. The topological polar surface area (TPSA) is 44.1 Å². The predicted molar refractivity (Wildman–Crippen MR) is 74.4 cm³/mol. The van der Waals surface area contributed by atoms with E-state index in [4.69, 9.17) is 5.26 Å². The van der Waals surface area contributed by atoms with Gasteiger partial charge in [0.1, 0.15) is 11.6 Å². The van der Waals surface area contributed by atoms with Gasteiger partial charge < -0.3 is 4.90 Å². The lowest BCUT2D eigenvalue weighted by atomic mass is 9.90. The molecule has 3 heteroatoms. The maximum absolute atomic E-state index is 12.2. The smallest absolute Gasteiger partial charge is 0.264 e. The summed E-state index contributed by atoms with van der Waals surface area (Å²) in [5.74, 6) is 0.251. The molecule has 1 aromatic rings. The van der Waals surface area contributed by atoms with Crippen molar-refractivity contribution in [2.45, 2.75) is 25.7 Å². The standard InChI is InChI=1S/C16H18N2O/c1-2-13(11-17)16(19)18-10-6-9-15(12-18)14-7-4-3-5-8-14/h2-5,7-8,15H,6,9-10,12H2,1H3/b13-2+. The van der Waals surface area contributed by atoms with E-state index >= 15 is 0 Å². The van der Waals surface area contributed by atoms with Crippen LogP contribution in [0.5, 0.6) is 0 Å². The molecule has 1 aliphatic rings. The van der Waals surface area contributed by atoms with Crippen molar-refractivity contribution in [3.8, 4) is 6.07 Å². The Morgan fingerprint density at radius 2 is 2.16 bits per heavy atom. The maximum Gasteiger partial charge on any atom is 0.264 e. The van der Waals surface area contributed by atoms with Gasteiger partial charge in [-0.3, -0.25) is 4.79 Å². The Balaban J connectivity index is 2.10. The zero-order chi connectivity index (χ0) is 13.7. The Morgan fingerprint density at radius 3 is 2.79 bits per heavy atom. The molecule has 1 amide bonds. The van der Waals surface area contributed by atoms with Gasteiger partial charge in [0.15, 0.2) is 0 Å². The van der Waals surface area contributed by atoms with Crippen molar-refractivity contribution in [3.05, 3.63) is 47.5 Å². The number of benzene rings is 1. The van der Waals surface area contributed by atoms with Crippen molar-refractivity contribution in [2.24, 2.45) is 0 Å². The van der Waals surface area contributed by atoms with Gasteiger partial charge >= 0.3 is 0 Å². The second kappa shape index (κ2) is 6.19. The minimum atomic E-state index is -0.134. The SMILES string of the molecule is C/C=C(\C#N)C(=O)N1CCCC(c2ccccc2)C1. The molecular formula is C16H18N2O. The summed E-state index contributed by atoms with van der Waals surface area (Å²) in [4.78, 5) is 14.0. The number of hydrogen-bond acceptors (Lipinski definition) is 2. The molecule has 19 heavy (non-hydrogen) atoms. The zero-order valence-electron chi connectivity index (χ0n) is 11.2. The van der Waals surface area contributed by atoms with Crippen LogP contribution in [0.1, 0.15) is 31.2 Å². The fourth-order valence-corrected chi connectivity index (χ4v) is 2.57. The summed E-state index contributed by atoms with van der Waals surface area (Å²) in [6, 6.07) is 12.3. The fourth-order valence-electron chi connectivity index (χ4n) is 2.57. The van der Waals surface area contributed by atoms with Crippen LogP contribution in [-0.4, -0.2) is 23.9 Å². The summed E-state index contributed by atoms with van der Waals surface area (Å²) in [5.41, 5.74) is 1.52. The lowest BCUT2D eigenvalue weighted by Gasteiger charge is -2.32. The summed E-state index contributed by atoms with van der Waals surface area (Å²) in [7, 11) is 0. The van der Waals surface area contributed by atoms with Gasteiger partial charge in [0, 0.05) is 19.0 Å². The number of amides is 1. The Hall–Kier alpha value is -2.08. The van der Waals surface area contributed by atoms with E-state index in [0.29, 0.717) is 12.5 Å². The molecule has 0 spiro atoms. The molecular weight excluding hydrogens is 236 g/mol. The number of nitriles is 1. The molecule has 2 rings (SSSR count). The monoisotopic (exact) mass is 254 g/mol. The summed E-state index contributed by atoms with van der Waals surface area (Å²) >= 11 is 0. The van der Waals surface area contributed by atoms with Crippen LogP contribution in [0.4, 0.5) is 0 Å². The molecule has 0 N–H and O–H groups in total. The summed E-state index contributed by atoms with van der Waals surface area (Å²) in [6.45, 7) is 3.19. The van der Waals surface area contributed by atoms with E-state index in [1.807, 2.05) is 24.3 Å². The van der Waals surface area contributed by atoms with Gasteiger partial charge in [0.2, 0.25) is 0 Å². The maximum atomic E-state index is 12.2. The molecule has 98 valence electrons. The zero-order valence-corrected chi connectivity index (χ0v) is 11.2. The lowest BCUT2D eigenvalue weighted by Crippen LogP contribution is -2.39. The second-order valence-electron chi connectivity index (χ2n) is 4.82. The first kappa shape index (κ1) is 13.4. The quantitative estimate of drug-likeness (QED) is 0.601. The van der Waals surface area contributed by atoms with Crippen molar-refractivity contribution < 1.29 is 4.79 Å². The number of carbonyl (C=O) groups is 1. The van der Waals surface area contributed by atoms with Crippen LogP contribution >= 0.6 is 0 Å². The van der Waals surface area contributed by atoms with Gasteiger partial charge in [-0.15, -0.1) is 0 Å².